The van der Waals surface area contributed by atoms with Crippen molar-refractivity contribution in [2.45, 2.75) is 44.4 Å². The highest BCUT2D eigenvalue weighted by atomic mass is 16.6. The minimum absolute atomic E-state index is 0.236. The minimum Gasteiger partial charge on any atom is -0.465 e. The van der Waals surface area contributed by atoms with Gasteiger partial charge in [0.15, 0.2) is 0 Å². The van der Waals surface area contributed by atoms with E-state index in [-0.39, 0.29) is 12.0 Å². The SMILES string of the molecule is C=C(C)[C@H]1Cc2oc(cc2C(=O)OC)[C@H](C(=C)C)[C@@H]2OC(=O)/C(=C\[C@@H]1O)[C@H]2N(C)C. The molecule has 0 amide bonds. The molecule has 0 unspecified atom stereocenters. The van der Waals surface area contributed by atoms with Gasteiger partial charge in [0, 0.05) is 12.3 Å². The summed E-state index contributed by atoms with van der Waals surface area (Å²) in [5.41, 5.74) is 2.12. The fourth-order valence-corrected chi connectivity index (χ4v) is 4.35. The third-order valence-corrected chi connectivity index (χ3v) is 5.87. The van der Waals surface area contributed by atoms with Crippen LogP contribution in [0, 0.1) is 5.92 Å². The van der Waals surface area contributed by atoms with E-state index in [1.807, 2.05) is 25.9 Å². The summed E-state index contributed by atoms with van der Waals surface area (Å²) < 4.78 is 16.8. The molecule has 1 saturated heterocycles. The average molecular weight is 415 g/mol. The lowest BCUT2D eigenvalue weighted by atomic mass is 9.84. The number of furan rings is 1. The summed E-state index contributed by atoms with van der Waals surface area (Å²) in [4.78, 5) is 27.1. The molecule has 3 rings (SSSR count). The van der Waals surface area contributed by atoms with Gasteiger partial charge in [-0.1, -0.05) is 24.3 Å². The molecule has 7 heteroatoms. The Kier molecular flexibility index (Phi) is 6.06. The number of rotatable bonds is 4. The number of likely N-dealkylation sites (N-methyl/N-ethyl adjacent to an activating group) is 1. The normalized spacial score (nSPS) is 30.2. The molecule has 2 aliphatic rings. The highest BCUT2D eigenvalue weighted by Crippen LogP contribution is 2.41. The molecule has 0 radical (unpaired) electrons. The number of esters is 2. The van der Waals surface area contributed by atoms with Crippen LogP contribution in [0.2, 0.25) is 0 Å². The molecule has 0 aromatic carbocycles. The van der Waals surface area contributed by atoms with Gasteiger partial charge in [-0.05, 0) is 40.1 Å². The largest absolute Gasteiger partial charge is 0.465 e. The van der Waals surface area contributed by atoms with Gasteiger partial charge in [0.05, 0.1) is 30.7 Å². The van der Waals surface area contributed by atoms with Crippen molar-refractivity contribution in [2.24, 2.45) is 5.92 Å². The number of hydrogen-bond acceptors (Lipinski definition) is 7. The van der Waals surface area contributed by atoms with Crippen LogP contribution in [0.1, 0.15) is 41.6 Å². The number of carbonyl (C=O) groups is 2. The minimum atomic E-state index is -1.01. The Bertz CT molecular complexity index is 924. The number of nitrogens with zero attached hydrogens (tertiary/aromatic N) is 1. The average Bonchev–Trinajstić information content (AvgIpc) is 3.19. The van der Waals surface area contributed by atoms with Crippen molar-refractivity contribution >= 4 is 11.9 Å². The summed E-state index contributed by atoms with van der Waals surface area (Å²) in [5.74, 6) is -1.07. The molecule has 0 saturated carbocycles. The first kappa shape index (κ1) is 22.1. The summed E-state index contributed by atoms with van der Waals surface area (Å²) in [5, 5.41) is 11.0. The van der Waals surface area contributed by atoms with Gasteiger partial charge in [-0.25, -0.2) is 9.59 Å². The Morgan fingerprint density at radius 3 is 2.47 bits per heavy atom. The van der Waals surface area contributed by atoms with Gasteiger partial charge in [0.2, 0.25) is 0 Å². The zero-order valence-electron chi connectivity index (χ0n) is 18.1. The molecule has 5 atom stereocenters. The molecule has 1 fully saturated rings. The fraction of sp³-hybridized carbons (Fsp3) is 0.478. The summed E-state index contributed by atoms with van der Waals surface area (Å²) >= 11 is 0. The molecule has 0 spiro atoms. The van der Waals surface area contributed by atoms with Crippen molar-refractivity contribution in [3.05, 3.63) is 59.1 Å². The molecule has 162 valence electrons. The van der Waals surface area contributed by atoms with Gasteiger partial charge in [0.25, 0.3) is 0 Å². The maximum absolute atomic E-state index is 12.8. The second kappa shape index (κ2) is 8.24. The van der Waals surface area contributed by atoms with E-state index in [9.17, 15) is 14.7 Å². The third kappa shape index (κ3) is 3.75. The van der Waals surface area contributed by atoms with Gasteiger partial charge in [0.1, 0.15) is 23.2 Å². The second-order valence-electron chi connectivity index (χ2n) is 8.35. The maximum Gasteiger partial charge on any atom is 0.341 e. The molecule has 3 heterocycles. The lowest BCUT2D eigenvalue weighted by Crippen LogP contribution is -2.40. The molecule has 1 aromatic heterocycles. The number of methoxy groups -OCH3 is 1. The Balaban J connectivity index is 2.28. The van der Waals surface area contributed by atoms with Crippen LogP contribution in [-0.2, 0) is 20.7 Å². The topological polar surface area (TPSA) is 89.2 Å². The number of fused-ring (bicyclic) bond motifs is 4. The monoisotopic (exact) mass is 415 g/mol. The van der Waals surface area contributed by atoms with Crippen molar-refractivity contribution < 1.29 is 28.6 Å². The lowest BCUT2D eigenvalue weighted by Gasteiger charge is -2.30. The molecule has 1 aromatic rings. The molecule has 2 aliphatic heterocycles. The van der Waals surface area contributed by atoms with Crippen LogP contribution in [-0.4, -0.2) is 61.4 Å². The van der Waals surface area contributed by atoms with E-state index in [4.69, 9.17) is 13.9 Å². The lowest BCUT2D eigenvalue weighted by molar-refractivity contribution is -0.140. The van der Waals surface area contributed by atoms with E-state index < -0.39 is 42.0 Å². The first-order chi connectivity index (χ1) is 14.1. The second-order valence-corrected chi connectivity index (χ2v) is 8.35. The molecule has 4 bridgehead atoms. The predicted octanol–water partition coefficient (Wildman–Crippen LogP) is 2.62. The van der Waals surface area contributed by atoms with E-state index in [1.165, 1.54) is 7.11 Å². The zero-order chi connectivity index (χ0) is 22.3. The third-order valence-electron chi connectivity index (χ3n) is 5.87. The van der Waals surface area contributed by atoms with Crippen LogP contribution in [0.3, 0.4) is 0 Å². The van der Waals surface area contributed by atoms with E-state index in [0.29, 0.717) is 22.7 Å². The standard InChI is InChI=1S/C23H29NO6/c1-11(2)13-9-17-14(22(26)28-7)10-18(29-17)19(12(3)4)21-20(24(5)6)15(8-16(13)25)23(27)30-21/h8,10,13,16,19-21,25H,1,3,9H2,2,4-7H3/b15-8-/t13-,16+,19+,20-,21+/m1/s1. The Hall–Kier alpha value is -2.64. The first-order valence-corrected chi connectivity index (χ1v) is 9.85. The van der Waals surface area contributed by atoms with E-state index >= 15 is 0 Å². The molecular formula is C23H29NO6. The van der Waals surface area contributed by atoms with Gasteiger partial charge < -0.3 is 19.0 Å². The maximum atomic E-state index is 12.8. The van der Waals surface area contributed by atoms with Gasteiger partial charge in [-0.2, -0.15) is 0 Å². The highest BCUT2D eigenvalue weighted by Gasteiger charge is 2.48. The number of ether oxygens (including phenoxy) is 2. The molecular weight excluding hydrogens is 386 g/mol. The van der Waals surface area contributed by atoms with Crippen LogP contribution in [0.4, 0.5) is 0 Å². The van der Waals surface area contributed by atoms with Crippen molar-refractivity contribution in [1.82, 2.24) is 4.90 Å². The Labute approximate surface area is 176 Å². The molecule has 7 nitrogen and oxygen atoms in total. The van der Waals surface area contributed by atoms with E-state index in [0.717, 1.165) is 5.57 Å². The van der Waals surface area contributed by atoms with Crippen molar-refractivity contribution in [2.75, 3.05) is 21.2 Å². The Morgan fingerprint density at radius 2 is 1.93 bits per heavy atom. The zero-order valence-corrected chi connectivity index (χ0v) is 18.1. The number of aliphatic hydroxyl groups excluding tert-OH is 1. The van der Waals surface area contributed by atoms with Crippen LogP contribution < -0.4 is 0 Å². The van der Waals surface area contributed by atoms with Gasteiger partial charge in [-0.15, -0.1) is 0 Å². The molecule has 0 aliphatic carbocycles. The van der Waals surface area contributed by atoms with Crippen molar-refractivity contribution in [3.63, 3.8) is 0 Å². The van der Waals surface area contributed by atoms with Gasteiger partial charge in [-0.3, -0.25) is 4.90 Å². The number of aliphatic hydroxyl groups is 1. The number of hydrogen-bond donors (Lipinski definition) is 1. The number of carbonyl (C=O) groups excluding carboxylic acids is 2. The predicted molar refractivity (Wildman–Crippen MR) is 111 cm³/mol. The van der Waals surface area contributed by atoms with Crippen molar-refractivity contribution in [1.29, 1.82) is 0 Å². The van der Waals surface area contributed by atoms with Crippen LogP contribution >= 0.6 is 0 Å². The first-order valence-electron chi connectivity index (χ1n) is 9.85. The van der Waals surface area contributed by atoms with E-state index in [1.54, 1.807) is 19.1 Å². The Morgan fingerprint density at radius 1 is 1.27 bits per heavy atom. The van der Waals surface area contributed by atoms with Crippen LogP contribution in [0.25, 0.3) is 0 Å². The van der Waals surface area contributed by atoms with E-state index in [2.05, 4.69) is 13.2 Å². The van der Waals surface area contributed by atoms with Crippen molar-refractivity contribution in [3.8, 4) is 0 Å². The quantitative estimate of drug-likeness (QED) is 0.597. The highest BCUT2D eigenvalue weighted by molar-refractivity contribution is 5.93. The van der Waals surface area contributed by atoms with Gasteiger partial charge >= 0.3 is 11.9 Å². The fourth-order valence-electron chi connectivity index (χ4n) is 4.35. The van der Waals surface area contributed by atoms with Crippen LogP contribution in [0.15, 0.2) is 46.4 Å². The summed E-state index contributed by atoms with van der Waals surface area (Å²) in [6.07, 6.45) is 0.161. The summed E-state index contributed by atoms with van der Waals surface area (Å²) in [6.45, 7) is 11.7. The molecule has 1 N–H and O–H groups in total. The summed E-state index contributed by atoms with van der Waals surface area (Å²) in [6, 6.07) is 1.21. The smallest absolute Gasteiger partial charge is 0.341 e. The van der Waals surface area contributed by atoms with Crippen LogP contribution in [0.5, 0.6) is 0 Å². The summed E-state index contributed by atoms with van der Waals surface area (Å²) in [7, 11) is 5.00. The molecule has 30 heavy (non-hydrogen) atoms.